The summed E-state index contributed by atoms with van der Waals surface area (Å²) < 4.78 is 11.3. The van der Waals surface area contributed by atoms with Crippen molar-refractivity contribution in [3.63, 3.8) is 0 Å². The predicted octanol–water partition coefficient (Wildman–Crippen LogP) is 2.63. The summed E-state index contributed by atoms with van der Waals surface area (Å²) in [6, 6.07) is 1.30. The Hall–Kier alpha value is -2.11. The van der Waals surface area contributed by atoms with Crippen molar-refractivity contribution in [2.24, 2.45) is 0 Å². The summed E-state index contributed by atoms with van der Waals surface area (Å²) >= 11 is 0. The molecule has 23 heavy (non-hydrogen) atoms. The van der Waals surface area contributed by atoms with Crippen LogP contribution in [-0.4, -0.2) is 30.2 Å². The summed E-state index contributed by atoms with van der Waals surface area (Å²) in [4.78, 5) is 36.9. The molecule has 0 atom stereocenters. The lowest BCUT2D eigenvalue weighted by molar-refractivity contribution is 0.0523. The van der Waals surface area contributed by atoms with Gasteiger partial charge in [-0.3, -0.25) is 4.79 Å². The molecule has 6 nitrogen and oxygen atoms in total. The Balaban J connectivity index is 2.62. The smallest absolute Gasteiger partial charge is 0.343 e. The van der Waals surface area contributed by atoms with Gasteiger partial charge in [-0.2, -0.15) is 0 Å². The Morgan fingerprint density at radius 2 is 1.83 bits per heavy atom. The molecule has 0 radical (unpaired) electrons. The van der Waals surface area contributed by atoms with Gasteiger partial charge in [-0.05, 0) is 32.8 Å². The van der Waals surface area contributed by atoms with E-state index >= 15 is 0 Å². The first-order chi connectivity index (χ1) is 11.0. The molecule has 1 heterocycles. The van der Waals surface area contributed by atoms with Crippen LogP contribution in [0.1, 0.15) is 71.5 Å². The van der Waals surface area contributed by atoms with Gasteiger partial charge in [0.1, 0.15) is 5.56 Å². The van der Waals surface area contributed by atoms with Crippen molar-refractivity contribution in [1.82, 2.24) is 4.57 Å². The molecule has 0 N–H and O–H groups in total. The molecule has 2 rings (SSSR count). The molecule has 0 unspecified atom stereocenters. The quantitative estimate of drug-likeness (QED) is 0.797. The number of methoxy groups -OCH3 is 1. The molecule has 0 saturated heterocycles. The number of nitrogens with zero attached hydrogens (tertiary/aromatic N) is 1. The molecule has 1 aliphatic rings. The zero-order valence-electron chi connectivity index (χ0n) is 13.9. The standard InChI is InChI=1S/C17H23NO5/c1-4-23-17(21)14-10-13(16(20)22-3)11(2)18(15(14)19)12-8-6-5-7-9-12/h10,12H,4-9H2,1-3H3. The molecule has 1 aliphatic carbocycles. The number of carbonyl (C=O) groups excluding carboxylic acids is 2. The highest BCUT2D eigenvalue weighted by Gasteiger charge is 2.26. The van der Waals surface area contributed by atoms with Gasteiger partial charge in [-0.1, -0.05) is 19.3 Å². The molecule has 1 aromatic rings. The highest BCUT2D eigenvalue weighted by molar-refractivity contribution is 5.95. The number of pyridine rings is 1. The second kappa shape index (κ2) is 7.44. The van der Waals surface area contributed by atoms with Crippen LogP contribution >= 0.6 is 0 Å². The number of aromatic nitrogens is 1. The minimum absolute atomic E-state index is 0.00836. The van der Waals surface area contributed by atoms with E-state index in [0.29, 0.717) is 5.69 Å². The van der Waals surface area contributed by atoms with E-state index in [4.69, 9.17) is 9.47 Å². The zero-order chi connectivity index (χ0) is 17.0. The van der Waals surface area contributed by atoms with Crippen LogP contribution in [0, 0.1) is 6.92 Å². The summed E-state index contributed by atoms with van der Waals surface area (Å²) in [5.41, 5.74) is 0.284. The van der Waals surface area contributed by atoms with Crippen molar-refractivity contribution >= 4 is 11.9 Å². The van der Waals surface area contributed by atoms with Crippen LogP contribution in [0.2, 0.25) is 0 Å². The van der Waals surface area contributed by atoms with E-state index in [2.05, 4.69) is 0 Å². The fraction of sp³-hybridized carbons (Fsp3) is 0.588. The molecule has 0 amide bonds. The van der Waals surface area contributed by atoms with Gasteiger partial charge in [0.05, 0.1) is 19.3 Å². The summed E-state index contributed by atoms with van der Waals surface area (Å²) in [6.45, 7) is 3.56. The second-order valence-corrected chi connectivity index (χ2v) is 5.74. The zero-order valence-corrected chi connectivity index (χ0v) is 13.9. The summed E-state index contributed by atoms with van der Waals surface area (Å²) in [6.07, 6.45) is 4.95. The van der Waals surface area contributed by atoms with E-state index in [0.717, 1.165) is 32.1 Å². The first-order valence-electron chi connectivity index (χ1n) is 8.02. The largest absolute Gasteiger partial charge is 0.465 e. The predicted molar refractivity (Wildman–Crippen MR) is 84.9 cm³/mol. The number of esters is 2. The average molecular weight is 321 g/mol. The molecule has 0 spiro atoms. The molecular formula is C17H23NO5. The van der Waals surface area contributed by atoms with Crippen molar-refractivity contribution in [3.05, 3.63) is 33.2 Å². The van der Waals surface area contributed by atoms with Crippen LogP contribution in [0.25, 0.3) is 0 Å². The minimum atomic E-state index is -0.702. The number of ether oxygens (including phenoxy) is 2. The molecular weight excluding hydrogens is 298 g/mol. The van der Waals surface area contributed by atoms with Crippen LogP contribution in [0.4, 0.5) is 0 Å². The van der Waals surface area contributed by atoms with Crippen LogP contribution in [0.5, 0.6) is 0 Å². The van der Waals surface area contributed by atoms with E-state index < -0.39 is 11.9 Å². The Labute approximate surface area is 135 Å². The monoisotopic (exact) mass is 321 g/mol. The molecule has 0 bridgehead atoms. The highest BCUT2D eigenvalue weighted by atomic mass is 16.5. The van der Waals surface area contributed by atoms with E-state index in [9.17, 15) is 14.4 Å². The molecule has 1 saturated carbocycles. The van der Waals surface area contributed by atoms with Crippen LogP contribution in [0.15, 0.2) is 10.9 Å². The third kappa shape index (κ3) is 3.46. The van der Waals surface area contributed by atoms with Crippen molar-refractivity contribution < 1.29 is 19.1 Å². The highest BCUT2D eigenvalue weighted by Crippen LogP contribution is 2.29. The third-order valence-corrected chi connectivity index (χ3v) is 4.33. The second-order valence-electron chi connectivity index (χ2n) is 5.74. The lowest BCUT2D eigenvalue weighted by Crippen LogP contribution is -2.34. The van der Waals surface area contributed by atoms with Gasteiger partial charge in [-0.25, -0.2) is 9.59 Å². The summed E-state index contributed by atoms with van der Waals surface area (Å²) in [5, 5.41) is 0. The van der Waals surface area contributed by atoms with Crippen molar-refractivity contribution in [3.8, 4) is 0 Å². The third-order valence-electron chi connectivity index (χ3n) is 4.33. The minimum Gasteiger partial charge on any atom is -0.465 e. The Kier molecular flexibility index (Phi) is 5.58. The van der Waals surface area contributed by atoms with Gasteiger partial charge in [-0.15, -0.1) is 0 Å². The summed E-state index contributed by atoms with van der Waals surface area (Å²) in [5.74, 6) is -1.26. The molecule has 6 heteroatoms. The molecule has 0 aliphatic heterocycles. The Bertz CT molecular complexity index is 656. The number of hydrogen-bond donors (Lipinski definition) is 0. The SMILES string of the molecule is CCOC(=O)c1cc(C(=O)OC)c(C)n(C2CCCCC2)c1=O. The fourth-order valence-corrected chi connectivity index (χ4v) is 3.17. The first-order valence-corrected chi connectivity index (χ1v) is 8.02. The lowest BCUT2D eigenvalue weighted by atomic mass is 9.94. The van der Waals surface area contributed by atoms with E-state index in [-0.39, 0.29) is 29.3 Å². The van der Waals surface area contributed by atoms with Gasteiger partial charge in [0.25, 0.3) is 5.56 Å². The topological polar surface area (TPSA) is 74.6 Å². The Morgan fingerprint density at radius 3 is 2.39 bits per heavy atom. The molecule has 126 valence electrons. The van der Waals surface area contributed by atoms with E-state index in [1.54, 1.807) is 18.4 Å². The molecule has 1 fully saturated rings. The van der Waals surface area contributed by atoms with E-state index in [1.165, 1.54) is 13.2 Å². The Morgan fingerprint density at radius 1 is 1.17 bits per heavy atom. The summed E-state index contributed by atoms with van der Waals surface area (Å²) in [7, 11) is 1.28. The van der Waals surface area contributed by atoms with Crippen LogP contribution in [0.3, 0.4) is 0 Å². The van der Waals surface area contributed by atoms with Gasteiger partial charge in [0, 0.05) is 11.7 Å². The maximum absolute atomic E-state index is 12.8. The number of rotatable bonds is 4. The fourth-order valence-electron chi connectivity index (χ4n) is 3.17. The van der Waals surface area contributed by atoms with Crippen LogP contribution < -0.4 is 5.56 Å². The van der Waals surface area contributed by atoms with E-state index in [1.807, 2.05) is 0 Å². The lowest BCUT2D eigenvalue weighted by Gasteiger charge is -2.27. The average Bonchev–Trinajstić information content (AvgIpc) is 2.55. The van der Waals surface area contributed by atoms with Gasteiger partial charge >= 0.3 is 11.9 Å². The van der Waals surface area contributed by atoms with Crippen molar-refractivity contribution in [2.75, 3.05) is 13.7 Å². The molecule has 0 aromatic carbocycles. The normalized spacial score (nSPS) is 15.3. The first kappa shape index (κ1) is 17.2. The number of hydrogen-bond acceptors (Lipinski definition) is 5. The number of carbonyl (C=O) groups is 2. The van der Waals surface area contributed by atoms with Crippen molar-refractivity contribution in [1.29, 1.82) is 0 Å². The van der Waals surface area contributed by atoms with Crippen molar-refractivity contribution in [2.45, 2.75) is 52.0 Å². The maximum Gasteiger partial charge on any atom is 0.343 e. The maximum atomic E-state index is 12.8. The molecule has 1 aromatic heterocycles. The van der Waals surface area contributed by atoms with Crippen LogP contribution in [-0.2, 0) is 9.47 Å². The van der Waals surface area contributed by atoms with Gasteiger partial charge < -0.3 is 14.0 Å². The van der Waals surface area contributed by atoms with Gasteiger partial charge in [0.2, 0.25) is 0 Å². The van der Waals surface area contributed by atoms with Gasteiger partial charge in [0.15, 0.2) is 0 Å².